The van der Waals surface area contributed by atoms with Gasteiger partial charge in [-0.05, 0) is 55.5 Å². The van der Waals surface area contributed by atoms with Crippen molar-refractivity contribution in [1.29, 1.82) is 0 Å². The monoisotopic (exact) mass is 400 g/mol. The number of hydrogen-bond acceptors (Lipinski definition) is 3. The lowest BCUT2D eigenvalue weighted by Crippen LogP contribution is -2.31. The van der Waals surface area contributed by atoms with E-state index >= 15 is 0 Å². The lowest BCUT2D eigenvalue weighted by atomic mass is 9.97. The number of benzene rings is 2. The molecule has 4 rings (SSSR count). The molecule has 2 N–H and O–H groups in total. The van der Waals surface area contributed by atoms with Crippen LogP contribution in [-0.2, 0) is 6.42 Å². The molecule has 0 bridgehead atoms. The summed E-state index contributed by atoms with van der Waals surface area (Å²) in [7, 11) is 0. The van der Waals surface area contributed by atoms with Crippen molar-refractivity contribution >= 4 is 17.7 Å². The average Bonchev–Trinajstić information content (AvgIpc) is 3.02. The van der Waals surface area contributed by atoms with Crippen molar-refractivity contribution in [3.8, 4) is 22.8 Å². The highest BCUT2D eigenvalue weighted by Gasteiger charge is 2.26. The van der Waals surface area contributed by atoms with Crippen LogP contribution in [0.1, 0.15) is 21.6 Å². The third-order valence-electron chi connectivity index (χ3n) is 4.75. The molecule has 1 aliphatic rings. The number of carbonyl (C=O) groups excluding carboxylic acids is 1. The molecule has 3 aromatic rings. The van der Waals surface area contributed by atoms with Gasteiger partial charge in [-0.3, -0.25) is 4.79 Å². The lowest BCUT2D eigenvalue weighted by Gasteiger charge is -2.17. The van der Waals surface area contributed by atoms with Crippen LogP contribution in [-0.4, -0.2) is 23.7 Å². The van der Waals surface area contributed by atoms with Crippen LogP contribution in [0.2, 0.25) is 0 Å². The number of aryl methyl sites for hydroxylation is 1. The van der Waals surface area contributed by atoms with Crippen LogP contribution in [0.5, 0.6) is 11.5 Å². The van der Waals surface area contributed by atoms with Gasteiger partial charge in [-0.2, -0.15) is 0 Å². The maximum atomic E-state index is 14.1. The third kappa shape index (κ3) is 3.26. The van der Waals surface area contributed by atoms with Gasteiger partial charge in [0.2, 0.25) is 0 Å². The minimum atomic E-state index is -0.774. The Morgan fingerprint density at radius 2 is 1.89 bits per heavy atom. The number of hydrogen-bond donors (Lipinski definition) is 2. The van der Waals surface area contributed by atoms with Crippen LogP contribution < -0.4 is 10.1 Å². The molecule has 1 amide bonds. The Labute approximate surface area is 165 Å². The number of carbonyl (C=O) groups is 1. The van der Waals surface area contributed by atoms with E-state index in [4.69, 9.17) is 4.74 Å². The molecular formula is C21H18F2N2O2S. The van der Waals surface area contributed by atoms with Crippen molar-refractivity contribution in [2.45, 2.75) is 18.2 Å². The number of halogens is 2. The molecule has 0 aliphatic carbocycles. The van der Waals surface area contributed by atoms with Crippen molar-refractivity contribution < 1.29 is 18.3 Å². The minimum Gasteiger partial charge on any atom is -0.454 e. The van der Waals surface area contributed by atoms with Gasteiger partial charge in [-0.15, -0.1) is 11.8 Å². The van der Waals surface area contributed by atoms with Gasteiger partial charge in [0.05, 0.1) is 11.3 Å². The quantitative estimate of drug-likeness (QED) is 0.602. The second kappa shape index (κ2) is 7.31. The largest absolute Gasteiger partial charge is 0.454 e. The van der Waals surface area contributed by atoms with Crippen LogP contribution in [0.25, 0.3) is 11.3 Å². The maximum Gasteiger partial charge on any atom is 0.253 e. The van der Waals surface area contributed by atoms with Crippen LogP contribution >= 0.6 is 11.8 Å². The number of thioether (sulfide) groups is 1. The zero-order valence-corrected chi connectivity index (χ0v) is 16.2. The highest BCUT2D eigenvalue weighted by atomic mass is 32.2. The molecule has 7 heteroatoms. The molecule has 0 saturated heterocycles. The summed E-state index contributed by atoms with van der Waals surface area (Å²) in [5.74, 6) is -1.17. The zero-order valence-electron chi connectivity index (χ0n) is 15.4. The summed E-state index contributed by atoms with van der Waals surface area (Å²) < 4.78 is 33.1. The first-order valence-corrected chi connectivity index (χ1v) is 10.0. The normalized spacial score (nSPS) is 13.2. The Morgan fingerprint density at radius 1 is 1.11 bits per heavy atom. The molecule has 0 saturated carbocycles. The first-order valence-electron chi connectivity index (χ1n) is 8.79. The Bertz CT molecular complexity index is 1080. The highest BCUT2D eigenvalue weighted by molar-refractivity contribution is 7.98. The number of fused-ring (bicyclic) bond motifs is 1. The Hall–Kier alpha value is -2.80. The van der Waals surface area contributed by atoms with Crippen molar-refractivity contribution in [2.75, 3.05) is 12.8 Å². The van der Waals surface area contributed by atoms with Gasteiger partial charge < -0.3 is 15.0 Å². The van der Waals surface area contributed by atoms with E-state index < -0.39 is 11.6 Å². The van der Waals surface area contributed by atoms with Crippen molar-refractivity contribution in [3.05, 3.63) is 64.9 Å². The first kappa shape index (κ1) is 18.6. The highest BCUT2D eigenvalue weighted by Crippen LogP contribution is 2.40. The van der Waals surface area contributed by atoms with Gasteiger partial charge in [0, 0.05) is 28.8 Å². The summed E-state index contributed by atoms with van der Waals surface area (Å²) in [6.45, 7) is 2.41. The van der Waals surface area contributed by atoms with Crippen LogP contribution in [0.4, 0.5) is 8.78 Å². The predicted molar refractivity (Wildman–Crippen MR) is 105 cm³/mol. The summed E-state index contributed by atoms with van der Waals surface area (Å²) in [6, 6.07) is 8.78. The number of H-pyrrole nitrogens is 1. The second-order valence-electron chi connectivity index (χ2n) is 6.52. The maximum absolute atomic E-state index is 14.1. The molecule has 0 fully saturated rings. The number of amides is 1. The van der Waals surface area contributed by atoms with E-state index in [1.54, 1.807) is 17.8 Å². The molecule has 0 spiro atoms. The fourth-order valence-electron chi connectivity index (χ4n) is 3.45. The summed E-state index contributed by atoms with van der Waals surface area (Å²) in [6.07, 6.45) is 2.65. The predicted octanol–water partition coefficient (Wildman–Crippen LogP) is 5.07. The van der Waals surface area contributed by atoms with E-state index in [1.807, 2.05) is 25.3 Å². The Kier molecular flexibility index (Phi) is 4.85. The van der Waals surface area contributed by atoms with Crippen molar-refractivity contribution in [3.63, 3.8) is 0 Å². The smallest absolute Gasteiger partial charge is 0.253 e. The molecule has 1 aliphatic heterocycles. The molecule has 1 aromatic heterocycles. The molecule has 2 aromatic carbocycles. The van der Waals surface area contributed by atoms with E-state index in [9.17, 15) is 13.6 Å². The number of ether oxygens (including phenoxy) is 1. The van der Waals surface area contributed by atoms with E-state index in [-0.39, 0.29) is 11.7 Å². The standard InChI is InChI=1S/C21H18F2N2O2S/c1-11-19-14(7-8-24-21(19)26)20(25-11)15-10-13(28-2)4-6-17(15)27-18-5-3-12(22)9-16(18)23/h3-6,9-10,25H,7-8H2,1-2H3,(H,24,26). The van der Waals surface area contributed by atoms with E-state index in [2.05, 4.69) is 10.3 Å². The van der Waals surface area contributed by atoms with Crippen molar-refractivity contribution in [2.24, 2.45) is 0 Å². The Balaban J connectivity index is 1.85. The van der Waals surface area contributed by atoms with Gasteiger partial charge in [0.15, 0.2) is 11.6 Å². The second-order valence-corrected chi connectivity index (χ2v) is 7.40. The zero-order chi connectivity index (χ0) is 19.8. The number of aromatic nitrogens is 1. The third-order valence-corrected chi connectivity index (χ3v) is 5.47. The van der Waals surface area contributed by atoms with Crippen LogP contribution in [0.3, 0.4) is 0 Å². The van der Waals surface area contributed by atoms with Crippen molar-refractivity contribution in [1.82, 2.24) is 10.3 Å². The molecule has 4 nitrogen and oxygen atoms in total. The minimum absolute atomic E-state index is 0.0607. The fraction of sp³-hybridized carbons (Fsp3) is 0.190. The number of rotatable bonds is 4. The molecule has 0 unspecified atom stereocenters. The van der Waals surface area contributed by atoms with E-state index in [1.165, 1.54) is 6.07 Å². The number of nitrogens with one attached hydrogen (secondary N) is 2. The van der Waals surface area contributed by atoms with Gasteiger partial charge >= 0.3 is 0 Å². The SMILES string of the molecule is CSc1ccc(Oc2ccc(F)cc2F)c(-c2[nH]c(C)c3c2CCNC3=O)c1. The van der Waals surface area contributed by atoms with Crippen LogP contribution in [0.15, 0.2) is 41.3 Å². The van der Waals surface area contributed by atoms with Crippen LogP contribution in [0, 0.1) is 18.6 Å². The summed E-state index contributed by atoms with van der Waals surface area (Å²) in [5.41, 5.74) is 3.86. The topological polar surface area (TPSA) is 54.1 Å². The lowest BCUT2D eigenvalue weighted by molar-refractivity contribution is 0.0946. The molecular weight excluding hydrogens is 382 g/mol. The molecule has 144 valence electrons. The van der Waals surface area contributed by atoms with Gasteiger partial charge in [-0.25, -0.2) is 8.78 Å². The average molecular weight is 400 g/mol. The summed E-state index contributed by atoms with van der Waals surface area (Å²) >= 11 is 1.57. The Morgan fingerprint density at radius 3 is 2.64 bits per heavy atom. The van der Waals surface area contributed by atoms with E-state index in [0.29, 0.717) is 24.3 Å². The molecule has 2 heterocycles. The molecule has 0 atom stereocenters. The van der Waals surface area contributed by atoms with Gasteiger partial charge in [-0.1, -0.05) is 0 Å². The summed E-state index contributed by atoms with van der Waals surface area (Å²) in [4.78, 5) is 16.6. The summed E-state index contributed by atoms with van der Waals surface area (Å²) in [5, 5.41) is 2.85. The molecule has 28 heavy (non-hydrogen) atoms. The van der Waals surface area contributed by atoms with Gasteiger partial charge in [0.1, 0.15) is 11.6 Å². The van der Waals surface area contributed by atoms with Gasteiger partial charge in [0.25, 0.3) is 5.91 Å². The fourth-order valence-corrected chi connectivity index (χ4v) is 3.89. The van der Waals surface area contributed by atoms with E-state index in [0.717, 1.165) is 39.5 Å². The molecule has 0 radical (unpaired) electrons. The number of aromatic amines is 1. The first-order chi connectivity index (χ1) is 13.5.